The molecule has 0 aliphatic carbocycles. The Morgan fingerprint density at radius 3 is 2.43 bits per heavy atom. The Kier molecular flexibility index (Phi) is 4.68. The molecule has 0 saturated carbocycles. The van der Waals surface area contributed by atoms with Crippen LogP contribution < -0.4 is 0 Å². The Balaban J connectivity index is 2.33. The average Bonchev–Trinajstić information content (AvgIpc) is 2.45. The summed E-state index contributed by atoms with van der Waals surface area (Å²) >= 11 is 0. The van der Waals surface area contributed by atoms with E-state index >= 15 is 0 Å². The normalized spacial score (nSPS) is 23.8. The fraction of sp³-hybridized carbons (Fsp3) is 0.533. The standard InChI is InChI=1S/C15H21NO4S/c1-11-7-12(2)10-16(9-11)21(18,19)14-6-4-5-13(8-14)15(17)20-3/h4-6,8,11-12H,7,9-10H2,1-3H3. The van der Waals surface area contributed by atoms with Crippen molar-refractivity contribution in [3.05, 3.63) is 29.8 Å². The van der Waals surface area contributed by atoms with Crippen molar-refractivity contribution < 1.29 is 17.9 Å². The van der Waals surface area contributed by atoms with E-state index in [-0.39, 0.29) is 10.5 Å². The number of nitrogens with zero attached hydrogens (tertiary/aromatic N) is 1. The zero-order valence-electron chi connectivity index (χ0n) is 12.6. The molecular formula is C15H21NO4S. The van der Waals surface area contributed by atoms with Gasteiger partial charge in [-0.2, -0.15) is 4.31 Å². The molecule has 1 heterocycles. The van der Waals surface area contributed by atoms with Gasteiger partial charge in [0.15, 0.2) is 0 Å². The van der Waals surface area contributed by atoms with Gasteiger partial charge < -0.3 is 4.74 Å². The number of rotatable bonds is 3. The molecular weight excluding hydrogens is 290 g/mol. The van der Waals surface area contributed by atoms with Gasteiger partial charge in [-0.3, -0.25) is 0 Å². The SMILES string of the molecule is COC(=O)c1cccc(S(=O)(=O)N2CC(C)CC(C)C2)c1. The molecule has 21 heavy (non-hydrogen) atoms. The number of esters is 1. The number of carbonyl (C=O) groups excluding carboxylic acids is 1. The molecule has 1 fully saturated rings. The second kappa shape index (κ2) is 6.15. The highest BCUT2D eigenvalue weighted by atomic mass is 32.2. The van der Waals surface area contributed by atoms with Gasteiger partial charge in [-0.1, -0.05) is 19.9 Å². The molecule has 0 bridgehead atoms. The summed E-state index contributed by atoms with van der Waals surface area (Å²) in [4.78, 5) is 11.7. The Morgan fingerprint density at radius 2 is 1.86 bits per heavy atom. The smallest absolute Gasteiger partial charge is 0.337 e. The first kappa shape index (κ1) is 16.0. The lowest BCUT2D eigenvalue weighted by atomic mass is 9.94. The number of carbonyl (C=O) groups is 1. The van der Waals surface area contributed by atoms with Gasteiger partial charge in [0, 0.05) is 13.1 Å². The van der Waals surface area contributed by atoms with Crippen LogP contribution in [-0.4, -0.2) is 38.9 Å². The van der Waals surface area contributed by atoms with Gasteiger partial charge in [0.2, 0.25) is 10.0 Å². The van der Waals surface area contributed by atoms with Crippen molar-refractivity contribution in [3.8, 4) is 0 Å². The van der Waals surface area contributed by atoms with Gasteiger partial charge in [-0.25, -0.2) is 13.2 Å². The highest BCUT2D eigenvalue weighted by molar-refractivity contribution is 7.89. The first-order valence-electron chi connectivity index (χ1n) is 7.03. The Morgan fingerprint density at radius 1 is 1.24 bits per heavy atom. The third-order valence-electron chi connectivity index (χ3n) is 3.73. The maximum absolute atomic E-state index is 12.7. The quantitative estimate of drug-likeness (QED) is 0.802. The minimum atomic E-state index is -3.57. The molecule has 2 rings (SSSR count). The van der Waals surface area contributed by atoms with E-state index in [0.717, 1.165) is 6.42 Å². The summed E-state index contributed by atoms with van der Waals surface area (Å²) in [6.07, 6.45) is 1.04. The maximum Gasteiger partial charge on any atom is 0.337 e. The Labute approximate surface area is 126 Å². The van der Waals surface area contributed by atoms with Crippen LogP contribution in [0.15, 0.2) is 29.2 Å². The van der Waals surface area contributed by atoms with Crippen LogP contribution in [0.3, 0.4) is 0 Å². The summed E-state index contributed by atoms with van der Waals surface area (Å²) in [5.74, 6) is 0.145. The van der Waals surface area contributed by atoms with Crippen molar-refractivity contribution in [1.82, 2.24) is 4.31 Å². The number of piperidine rings is 1. The number of hydrogen-bond donors (Lipinski definition) is 0. The molecule has 1 saturated heterocycles. The molecule has 0 radical (unpaired) electrons. The fourth-order valence-corrected chi connectivity index (χ4v) is 4.58. The van der Waals surface area contributed by atoms with Gasteiger partial charge in [0.05, 0.1) is 17.6 Å². The zero-order chi connectivity index (χ0) is 15.6. The molecule has 2 atom stereocenters. The van der Waals surface area contributed by atoms with E-state index in [4.69, 9.17) is 0 Å². The van der Waals surface area contributed by atoms with Crippen molar-refractivity contribution in [3.63, 3.8) is 0 Å². The van der Waals surface area contributed by atoms with Gasteiger partial charge in [-0.15, -0.1) is 0 Å². The second-order valence-corrected chi connectivity index (χ2v) is 7.73. The predicted molar refractivity (Wildman–Crippen MR) is 79.5 cm³/mol. The number of ether oxygens (including phenoxy) is 1. The van der Waals surface area contributed by atoms with Gasteiger partial charge >= 0.3 is 5.97 Å². The predicted octanol–water partition coefficient (Wildman–Crippen LogP) is 2.14. The van der Waals surface area contributed by atoms with Gasteiger partial charge in [0.25, 0.3) is 0 Å². The van der Waals surface area contributed by atoms with Crippen molar-refractivity contribution >= 4 is 16.0 Å². The van der Waals surface area contributed by atoms with Crippen LogP contribution in [-0.2, 0) is 14.8 Å². The molecule has 1 aliphatic heterocycles. The largest absolute Gasteiger partial charge is 0.465 e. The number of hydrogen-bond acceptors (Lipinski definition) is 4. The molecule has 0 spiro atoms. The lowest BCUT2D eigenvalue weighted by Gasteiger charge is -2.34. The van der Waals surface area contributed by atoms with Crippen molar-refractivity contribution in [2.24, 2.45) is 11.8 Å². The lowest BCUT2D eigenvalue weighted by molar-refractivity contribution is 0.0600. The summed E-state index contributed by atoms with van der Waals surface area (Å²) in [6.45, 7) is 5.16. The van der Waals surface area contributed by atoms with Crippen molar-refractivity contribution in [2.45, 2.75) is 25.2 Å². The summed E-state index contributed by atoms with van der Waals surface area (Å²) in [6, 6.07) is 6.01. The van der Waals surface area contributed by atoms with E-state index in [2.05, 4.69) is 18.6 Å². The average molecular weight is 311 g/mol. The van der Waals surface area contributed by atoms with Crippen LogP contribution in [0, 0.1) is 11.8 Å². The van der Waals surface area contributed by atoms with Crippen LogP contribution in [0.5, 0.6) is 0 Å². The monoisotopic (exact) mass is 311 g/mol. The third-order valence-corrected chi connectivity index (χ3v) is 5.56. The van der Waals surface area contributed by atoms with Crippen LogP contribution in [0.1, 0.15) is 30.6 Å². The van der Waals surface area contributed by atoms with E-state index in [1.54, 1.807) is 12.1 Å². The summed E-state index contributed by atoms with van der Waals surface area (Å²) in [7, 11) is -2.29. The minimum absolute atomic E-state index is 0.145. The molecule has 2 unspecified atom stereocenters. The fourth-order valence-electron chi connectivity index (χ4n) is 2.85. The number of methoxy groups -OCH3 is 1. The van der Waals surface area contributed by atoms with Crippen LogP contribution in [0.2, 0.25) is 0 Å². The van der Waals surface area contributed by atoms with E-state index in [1.807, 2.05) is 0 Å². The molecule has 0 aromatic heterocycles. The van der Waals surface area contributed by atoms with Crippen LogP contribution in [0.4, 0.5) is 0 Å². The van der Waals surface area contributed by atoms with E-state index in [1.165, 1.54) is 23.5 Å². The lowest BCUT2D eigenvalue weighted by Crippen LogP contribution is -2.42. The minimum Gasteiger partial charge on any atom is -0.465 e. The maximum atomic E-state index is 12.7. The van der Waals surface area contributed by atoms with Gasteiger partial charge in [0.1, 0.15) is 0 Å². The Hall–Kier alpha value is -1.40. The highest BCUT2D eigenvalue weighted by Gasteiger charge is 2.31. The first-order chi connectivity index (χ1) is 9.84. The van der Waals surface area contributed by atoms with E-state index in [0.29, 0.717) is 24.9 Å². The number of benzene rings is 1. The first-order valence-corrected chi connectivity index (χ1v) is 8.47. The van der Waals surface area contributed by atoms with Gasteiger partial charge in [-0.05, 0) is 36.5 Å². The zero-order valence-corrected chi connectivity index (χ0v) is 13.4. The number of sulfonamides is 1. The van der Waals surface area contributed by atoms with E-state index in [9.17, 15) is 13.2 Å². The summed E-state index contributed by atoms with van der Waals surface area (Å²) in [5, 5.41) is 0. The van der Waals surface area contributed by atoms with Crippen molar-refractivity contribution in [1.29, 1.82) is 0 Å². The molecule has 1 aromatic rings. The topological polar surface area (TPSA) is 63.7 Å². The molecule has 116 valence electrons. The third kappa shape index (κ3) is 3.44. The molecule has 0 amide bonds. The second-order valence-electron chi connectivity index (χ2n) is 5.79. The molecule has 6 heteroatoms. The Bertz CT molecular complexity index is 616. The van der Waals surface area contributed by atoms with Crippen LogP contribution in [0.25, 0.3) is 0 Å². The van der Waals surface area contributed by atoms with Crippen molar-refractivity contribution in [2.75, 3.05) is 20.2 Å². The molecule has 5 nitrogen and oxygen atoms in total. The molecule has 1 aliphatic rings. The summed E-state index contributed by atoms with van der Waals surface area (Å²) < 4.78 is 31.6. The molecule has 0 N–H and O–H groups in total. The van der Waals surface area contributed by atoms with Crippen LogP contribution >= 0.6 is 0 Å². The molecule has 1 aromatic carbocycles. The van der Waals surface area contributed by atoms with E-state index < -0.39 is 16.0 Å². The highest BCUT2D eigenvalue weighted by Crippen LogP contribution is 2.27. The summed E-state index contributed by atoms with van der Waals surface area (Å²) in [5.41, 5.74) is 0.247.